The van der Waals surface area contributed by atoms with E-state index in [2.05, 4.69) is 12.2 Å². The van der Waals surface area contributed by atoms with Crippen molar-refractivity contribution in [3.05, 3.63) is 54.1 Å². The Kier molecular flexibility index (Phi) is 9.57. The number of piperidine rings is 1. The van der Waals surface area contributed by atoms with Crippen molar-refractivity contribution in [2.75, 3.05) is 19.8 Å². The normalized spacial score (nSPS) is 17.9. The average molecular weight is 504 g/mol. The SMILES string of the molecule is CCCCOc1ccc(S(=O)(=O)C(C)(Cc2ccc(OCCC3CCCCN3)cc2)C(=O)O)cc1. The largest absolute Gasteiger partial charge is 0.494 e. The number of benzene rings is 2. The third kappa shape index (κ3) is 6.98. The van der Waals surface area contributed by atoms with Crippen molar-refractivity contribution >= 4 is 15.8 Å². The molecule has 1 fully saturated rings. The van der Waals surface area contributed by atoms with E-state index in [1.54, 1.807) is 36.4 Å². The predicted molar refractivity (Wildman–Crippen MR) is 136 cm³/mol. The first-order chi connectivity index (χ1) is 16.8. The Morgan fingerprint density at radius 1 is 1.03 bits per heavy atom. The van der Waals surface area contributed by atoms with Gasteiger partial charge < -0.3 is 19.9 Å². The second kappa shape index (κ2) is 12.4. The molecule has 0 radical (unpaired) electrons. The molecule has 2 aromatic carbocycles. The van der Waals surface area contributed by atoms with E-state index >= 15 is 0 Å². The monoisotopic (exact) mass is 503 g/mol. The molecule has 1 aliphatic rings. The summed E-state index contributed by atoms with van der Waals surface area (Å²) in [6.45, 7) is 5.52. The second-order valence-electron chi connectivity index (χ2n) is 9.32. The molecule has 0 saturated carbocycles. The first-order valence-corrected chi connectivity index (χ1v) is 13.9. The predicted octanol–water partition coefficient (Wildman–Crippen LogP) is 4.64. The van der Waals surface area contributed by atoms with Gasteiger partial charge in [-0.1, -0.05) is 31.9 Å². The van der Waals surface area contributed by atoms with Gasteiger partial charge in [0.15, 0.2) is 14.6 Å². The zero-order valence-corrected chi connectivity index (χ0v) is 21.5. The number of nitrogens with one attached hydrogen (secondary N) is 1. The van der Waals surface area contributed by atoms with Crippen LogP contribution in [0.25, 0.3) is 0 Å². The Labute approximate surface area is 208 Å². The van der Waals surface area contributed by atoms with E-state index in [1.165, 1.54) is 38.3 Å². The summed E-state index contributed by atoms with van der Waals surface area (Å²) in [6, 6.07) is 13.4. The Morgan fingerprint density at radius 2 is 1.66 bits per heavy atom. The molecule has 1 heterocycles. The maximum Gasteiger partial charge on any atom is 0.325 e. The van der Waals surface area contributed by atoms with E-state index in [1.807, 2.05) is 0 Å². The third-order valence-corrected chi connectivity index (χ3v) is 8.96. The van der Waals surface area contributed by atoms with E-state index in [-0.39, 0.29) is 11.3 Å². The third-order valence-electron chi connectivity index (χ3n) is 6.56. The van der Waals surface area contributed by atoms with E-state index in [0.717, 1.165) is 25.8 Å². The van der Waals surface area contributed by atoms with Crippen molar-refractivity contribution < 1.29 is 27.8 Å². The number of carboxylic acid groups (broad SMARTS) is 1. The van der Waals surface area contributed by atoms with Crippen LogP contribution in [0.5, 0.6) is 11.5 Å². The Balaban J connectivity index is 1.65. The van der Waals surface area contributed by atoms with E-state index in [4.69, 9.17) is 9.47 Å². The lowest BCUT2D eigenvalue weighted by Crippen LogP contribution is -2.45. The van der Waals surface area contributed by atoms with Gasteiger partial charge in [-0.15, -0.1) is 0 Å². The summed E-state index contributed by atoms with van der Waals surface area (Å²) in [7, 11) is -4.17. The smallest absolute Gasteiger partial charge is 0.325 e. The molecule has 1 saturated heterocycles. The van der Waals surface area contributed by atoms with Gasteiger partial charge in [-0.3, -0.25) is 4.79 Å². The van der Waals surface area contributed by atoms with Gasteiger partial charge in [0, 0.05) is 12.5 Å². The van der Waals surface area contributed by atoms with Gasteiger partial charge in [0.1, 0.15) is 11.5 Å². The summed E-state index contributed by atoms with van der Waals surface area (Å²) in [5.41, 5.74) is 0.610. The van der Waals surface area contributed by atoms with Crippen LogP contribution >= 0.6 is 0 Å². The summed E-state index contributed by atoms with van der Waals surface area (Å²) in [5.74, 6) is -0.145. The van der Waals surface area contributed by atoms with Crippen LogP contribution in [0.3, 0.4) is 0 Å². The number of carbonyl (C=O) groups is 1. The van der Waals surface area contributed by atoms with Crippen LogP contribution in [0, 0.1) is 0 Å². The van der Waals surface area contributed by atoms with E-state index < -0.39 is 20.6 Å². The minimum atomic E-state index is -4.17. The number of rotatable bonds is 13. The fraction of sp³-hybridized carbons (Fsp3) is 0.519. The first kappa shape index (κ1) is 27.0. The summed E-state index contributed by atoms with van der Waals surface area (Å²) < 4.78 is 36.2. The molecule has 2 unspecified atom stereocenters. The van der Waals surface area contributed by atoms with Gasteiger partial charge in [0.25, 0.3) is 0 Å². The van der Waals surface area contributed by atoms with Crippen molar-refractivity contribution in [2.24, 2.45) is 0 Å². The topological polar surface area (TPSA) is 102 Å². The van der Waals surface area contributed by atoms with Crippen molar-refractivity contribution in [1.82, 2.24) is 5.32 Å². The second-order valence-corrected chi connectivity index (χ2v) is 11.7. The molecule has 3 rings (SSSR count). The molecular weight excluding hydrogens is 466 g/mol. The molecule has 0 amide bonds. The lowest BCUT2D eigenvalue weighted by Gasteiger charge is -2.25. The summed E-state index contributed by atoms with van der Waals surface area (Å²) in [5, 5.41) is 13.4. The standard InChI is InChI=1S/C27H37NO6S/c1-3-4-18-33-24-12-14-25(15-13-24)35(31,32)27(2,26(29)30)20-21-8-10-23(11-9-21)34-19-16-22-7-5-6-17-28-22/h8-15,22,28H,3-7,16-20H2,1-2H3,(H,29,30). The zero-order chi connectivity index (χ0) is 25.3. The molecular formula is C27H37NO6S. The molecule has 2 atom stereocenters. The first-order valence-electron chi connectivity index (χ1n) is 12.4. The number of ether oxygens (including phenoxy) is 2. The quantitative estimate of drug-likeness (QED) is 0.384. The highest BCUT2D eigenvalue weighted by Gasteiger charge is 2.47. The zero-order valence-electron chi connectivity index (χ0n) is 20.7. The molecule has 192 valence electrons. The number of unbranched alkanes of at least 4 members (excludes halogenated alkanes) is 1. The Hall–Kier alpha value is -2.58. The van der Waals surface area contributed by atoms with Crippen molar-refractivity contribution in [3.63, 3.8) is 0 Å². The maximum absolute atomic E-state index is 13.4. The van der Waals surface area contributed by atoms with Crippen molar-refractivity contribution in [1.29, 1.82) is 0 Å². The molecule has 7 nitrogen and oxygen atoms in total. The van der Waals surface area contributed by atoms with Crippen molar-refractivity contribution in [2.45, 2.75) is 74.5 Å². The number of aliphatic carboxylic acids is 1. The van der Waals surface area contributed by atoms with E-state index in [9.17, 15) is 18.3 Å². The lowest BCUT2D eigenvalue weighted by atomic mass is 10.0. The Morgan fingerprint density at radius 3 is 2.23 bits per heavy atom. The molecule has 0 spiro atoms. The van der Waals surface area contributed by atoms with Gasteiger partial charge in [0.2, 0.25) is 0 Å². The van der Waals surface area contributed by atoms with Crippen LogP contribution in [-0.4, -0.2) is 50.0 Å². The summed E-state index contributed by atoms with van der Waals surface area (Å²) in [6.07, 6.45) is 6.30. The van der Waals surface area contributed by atoms with Gasteiger partial charge >= 0.3 is 5.97 Å². The fourth-order valence-electron chi connectivity index (χ4n) is 4.18. The highest BCUT2D eigenvalue weighted by molar-refractivity contribution is 7.93. The van der Waals surface area contributed by atoms with Crippen LogP contribution in [0.4, 0.5) is 0 Å². The van der Waals surface area contributed by atoms with Gasteiger partial charge in [0.05, 0.1) is 18.1 Å². The van der Waals surface area contributed by atoms with E-state index in [0.29, 0.717) is 36.3 Å². The van der Waals surface area contributed by atoms with Crippen LogP contribution in [0.2, 0.25) is 0 Å². The van der Waals surface area contributed by atoms with Gasteiger partial charge in [-0.2, -0.15) is 0 Å². The van der Waals surface area contributed by atoms with Gasteiger partial charge in [-0.25, -0.2) is 8.42 Å². The van der Waals surface area contributed by atoms with Crippen LogP contribution in [0.15, 0.2) is 53.4 Å². The molecule has 0 bridgehead atoms. The highest BCUT2D eigenvalue weighted by Crippen LogP contribution is 2.31. The molecule has 8 heteroatoms. The molecule has 35 heavy (non-hydrogen) atoms. The lowest BCUT2D eigenvalue weighted by molar-refractivity contribution is -0.139. The summed E-state index contributed by atoms with van der Waals surface area (Å²) >= 11 is 0. The number of hydrogen-bond acceptors (Lipinski definition) is 6. The van der Waals surface area contributed by atoms with Crippen molar-refractivity contribution in [3.8, 4) is 11.5 Å². The minimum absolute atomic E-state index is 0.0403. The minimum Gasteiger partial charge on any atom is -0.494 e. The maximum atomic E-state index is 13.4. The van der Waals surface area contributed by atoms with Crippen LogP contribution in [0.1, 0.15) is 57.9 Å². The molecule has 0 aliphatic carbocycles. The summed E-state index contributed by atoms with van der Waals surface area (Å²) in [4.78, 5) is 12.2. The molecule has 2 aromatic rings. The number of sulfone groups is 1. The fourth-order valence-corrected chi connectivity index (χ4v) is 5.78. The molecule has 1 aliphatic heterocycles. The highest BCUT2D eigenvalue weighted by atomic mass is 32.2. The Bertz CT molecular complexity index is 1050. The molecule has 2 N–H and O–H groups in total. The van der Waals surface area contributed by atoms with Gasteiger partial charge in [-0.05, 0) is 81.1 Å². The molecule has 0 aromatic heterocycles. The number of hydrogen-bond donors (Lipinski definition) is 2. The number of carboxylic acids is 1. The van der Waals surface area contributed by atoms with Crippen LogP contribution in [-0.2, 0) is 21.1 Å². The average Bonchev–Trinajstić information content (AvgIpc) is 2.86. The van der Waals surface area contributed by atoms with Crippen LogP contribution < -0.4 is 14.8 Å².